The van der Waals surface area contributed by atoms with Gasteiger partial charge in [-0.1, -0.05) is 54.6 Å². The second-order valence-electron chi connectivity index (χ2n) is 6.28. The van der Waals surface area contributed by atoms with E-state index < -0.39 is 0 Å². The molecule has 0 spiro atoms. The standard InChI is InChI=1S/C21H22ClN/c1-2-16-5-10-19(11-6-16)20-12-7-17(8-13-20)3-4-18-9-14-21(22)23-15-18/h5-6,9-11,14-15,17,20H,2,7-8,12-13H2,1H3. The Bertz CT molecular complexity index is 683. The highest BCUT2D eigenvalue weighted by molar-refractivity contribution is 6.29. The molecule has 0 amide bonds. The van der Waals surface area contributed by atoms with Gasteiger partial charge in [0.15, 0.2) is 0 Å². The van der Waals surface area contributed by atoms with E-state index >= 15 is 0 Å². The van der Waals surface area contributed by atoms with E-state index in [4.69, 9.17) is 11.6 Å². The lowest BCUT2D eigenvalue weighted by atomic mass is 9.79. The summed E-state index contributed by atoms with van der Waals surface area (Å²) in [7, 11) is 0. The Morgan fingerprint density at radius 3 is 2.39 bits per heavy atom. The van der Waals surface area contributed by atoms with Crippen molar-refractivity contribution in [1.29, 1.82) is 0 Å². The van der Waals surface area contributed by atoms with Crippen LogP contribution in [0.2, 0.25) is 5.15 Å². The van der Waals surface area contributed by atoms with Gasteiger partial charge in [0, 0.05) is 17.7 Å². The van der Waals surface area contributed by atoms with Crippen molar-refractivity contribution in [3.8, 4) is 11.8 Å². The smallest absolute Gasteiger partial charge is 0.129 e. The second-order valence-corrected chi connectivity index (χ2v) is 6.67. The molecule has 3 rings (SSSR count). The molecular weight excluding hydrogens is 302 g/mol. The van der Waals surface area contributed by atoms with Crippen LogP contribution in [0.3, 0.4) is 0 Å². The molecule has 2 aromatic rings. The molecule has 0 unspecified atom stereocenters. The monoisotopic (exact) mass is 323 g/mol. The zero-order valence-electron chi connectivity index (χ0n) is 13.6. The van der Waals surface area contributed by atoms with Gasteiger partial charge in [-0.2, -0.15) is 0 Å². The van der Waals surface area contributed by atoms with Crippen LogP contribution in [0.5, 0.6) is 0 Å². The second kappa shape index (κ2) is 7.66. The quantitative estimate of drug-likeness (QED) is 0.516. The number of benzene rings is 1. The van der Waals surface area contributed by atoms with Crippen LogP contribution in [0, 0.1) is 17.8 Å². The molecule has 1 aliphatic carbocycles. The average Bonchev–Trinajstić information content (AvgIpc) is 2.62. The molecule has 0 N–H and O–H groups in total. The first kappa shape index (κ1) is 16.1. The van der Waals surface area contributed by atoms with Crippen molar-refractivity contribution < 1.29 is 0 Å². The first-order valence-corrected chi connectivity index (χ1v) is 8.84. The maximum absolute atomic E-state index is 5.79. The minimum absolute atomic E-state index is 0.511. The van der Waals surface area contributed by atoms with Crippen LogP contribution in [-0.2, 0) is 6.42 Å². The molecule has 1 aromatic carbocycles. The fourth-order valence-corrected chi connectivity index (χ4v) is 3.34. The van der Waals surface area contributed by atoms with Crippen LogP contribution in [-0.4, -0.2) is 4.98 Å². The van der Waals surface area contributed by atoms with E-state index in [1.807, 2.05) is 6.07 Å². The molecule has 1 aromatic heterocycles. The Morgan fingerprint density at radius 2 is 1.78 bits per heavy atom. The lowest BCUT2D eigenvalue weighted by molar-refractivity contribution is 0.384. The zero-order valence-corrected chi connectivity index (χ0v) is 14.3. The van der Waals surface area contributed by atoms with Gasteiger partial charge in [-0.25, -0.2) is 4.98 Å². The van der Waals surface area contributed by atoms with Gasteiger partial charge in [0.05, 0.1) is 0 Å². The molecule has 1 fully saturated rings. The molecule has 0 bridgehead atoms. The summed E-state index contributed by atoms with van der Waals surface area (Å²) in [5.41, 5.74) is 3.87. The lowest BCUT2D eigenvalue weighted by Gasteiger charge is -2.26. The summed E-state index contributed by atoms with van der Waals surface area (Å²) < 4.78 is 0. The molecule has 1 saturated carbocycles. The van der Waals surface area contributed by atoms with Crippen molar-refractivity contribution in [2.45, 2.75) is 44.9 Å². The molecule has 0 saturated heterocycles. The highest BCUT2D eigenvalue weighted by Gasteiger charge is 2.21. The van der Waals surface area contributed by atoms with E-state index in [1.54, 1.807) is 12.3 Å². The van der Waals surface area contributed by atoms with E-state index in [0.717, 1.165) is 12.0 Å². The van der Waals surface area contributed by atoms with E-state index in [-0.39, 0.29) is 0 Å². The summed E-state index contributed by atoms with van der Waals surface area (Å²) in [4.78, 5) is 4.07. The summed E-state index contributed by atoms with van der Waals surface area (Å²) >= 11 is 5.79. The molecule has 0 radical (unpaired) electrons. The molecule has 118 valence electrons. The summed E-state index contributed by atoms with van der Waals surface area (Å²) in [6.45, 7) is 2.20. The molecule has 1 nitrogen and oxygen atoms in total. The van der Waals surface area contributed by atoms with Crippen molar-refractivity contribution in [3.63, 3.8) is 0 Å². The summed E-state index contributed by atoms with van der Waals surface area (Å²) in [6, 6.07) is 12.9. The van der Waals surface area contributed by atoms with E-state index in [9.17, 15) is 0 Å². The van der Waals surface area contributed by atoms with Gasteiger partial charge < -0.3 is 0 Å². The minimum atomic E-state index is 0.511. The highest BCUT2D eigenvalue weighted by atomic mass is 35.5. The van der Waals surface area contributed by atoms with Crippen molar-refractivity contribution >= 4 is 11.6 Å². The third-order valence-electron chi connectivity index (χ3n) is 4.73. The number of pyridine rings is 1. The van der Waals surface area contributed by atoms with Gasteiger partial charge >= 0.3 is 0 Å². The van der Waals surface area contributed by atoms with Crippen LogP contribution in [0.4, 0.5) is 0 Å². The number of rotatable bonds is 2. The molecular formula is C21H22ClN. The summed E-state index contributed by atoms with van der Waals surface area (Å²) in [5, 5.41) is 0.519. The molecule has 2 heteroatoms. The molecule has 0 atom stereocenters. The number of aryl methyl sites for hydroxylation is 1. The van der Waals surface area contributed by atoms with Crippen LogP contribution in [0.1, 0.15) is 55.2 Å². The summed E-state index contributed by atoms with van der Waals surface area (Å²) in [5.74, 6) is 7.87. The van der Waals surface area contributed by atoms with E-state index in [2.05, 4.69) is 48.0 Å². The SMILES string of the molecule is CCc1ccc(C2CCC(C#Cc3ccc(Cl)nc3)CC2)cc1. The van der Waals surface area contributed by atoms with Crippen molar-refractivity contribution in [2.75, 3.05) is 0 Å². The Labute approximate surface area is 144 Å². The topological polar surface area (TPSA) is 12.9 Å². The third-order valence-corrected chi connectivity index (χ3v) is 4.96. The van der Waals surface area contributed by atoms with E-state index in [1.165, 1.54) is 36.8 Å². The molecule has 1 aliphatic rings. The van der Waals surface area contributed by atoms with Crippen LogP contribution < -0.4 is 0 Å². The summed E-state index contributed by atoms with van der Waals surface area (Å²) in [6.07, 6.45) is 7.72. The Balaban J connectivity index is 1.57. The van der Waals surface area contributed by atoms with Gasteiger partial charge in [0.2, 0.25) is 0 Å². The predicted molar refractivity (Wildman–Crippen MR) is 96.6 cm³/mol. The van der Waals surface area contributed by atoms with Crippen LogP contribution >= 0.6 is 11.6 Å². The van der Waals surface area contributed by atoms with Crippen molar-refractivity contribution in [2.24, 2.45) is 5.92 Å². The van der Waals surface area contributed by atoms with Crippen LogP contribution in [0.25, 0.3) is 0 Å². The molecule has 1 heterocycles. The number of hydrogen-bond donors (Lipinski definition) is 0. The van der Waals surface area contributed by atoms with Gasteiger partial charge in [0.25, 0.3) is 0 Å². The molecule has 0 aliphatic heterocycles. The minimum Gasteiger partial charge on any atom is -0.243 e. The van der Waals surface area contributed by atoms with E-state index in [0.29, 0.717) is 17.0 Å². The Hall–Kier alpha value is -1.78. The number of halogens is 1. The first-order valence-electron chi connectivity index (χ1n) is 8.46. The Morgan fingerprint density at radius 1 is 1.04 bits per heavy atom. The van der Waals surface area contributed by atoms with Crippen molar-refractivity contribution in [1.82, 2.24) is 4.98 Å². The van der Waals surface area contributed by atoms with Gasteiger partial charge in [-0.3, -0.25) is 0 Å². The normalized spacial score (nSPS) is 20.6. The number of aromatic nitrogens is 1. The highest BCUT2D eigenvalue weighted by Crippen LogP contribution is 2.35. The fraction of sp³-hybridized carbons (Fsp3) is 0.381. The van der Waals surface area contributed by atoms with Gasteiger partial charge in [-0.15, -0.1) is 0 Å². The maximum Gasteiger partial charge on any atom is 0.129 e. The number of hydrogen-bond acceptors (Lipinski definition) is 1. The predicted octanol–water partition coefficient (Wildman–Crippen LogP) is 5.62. The number of nitrogens with zero attached hydrogens (tertiary/aromatic N) is 1. The zero-order chi connectivity index (χ0) is 16.1. The fourth-order valence-electron chi connectivity index (χ4n) is 3.23. The molecule has 23 heavy (non-hydrogen) atoms. The lowest BCUT2D eigenvalue weighted by Crippen LogP contribution is -2.12. The Kier molecular flexibility index (Phi) is 5.36. The van der Waals surface area contributed by atoms with Crippen LogP contribution in [0.15, 0.2) is 42.6 Å². The maximum atomic E-state index is 5.79. The largest absolute Gasteiger partial charge is 0.243 e. The third kappa shape index (κ3) is 4.36. The average molecular weight is 324 g/mol. The van der Waals surface area contributed by atoms with Gasteiger partial charge in [0.1, 0.15) is 5.15 Å². The van der Waals surface area contributed by atoms with Crippen molar-refractivity contribution in [3.05, 3.63) is 64.4 Å². The van der Waals surface area contributed by atoms with Gasteiger partial charge in [-0.05, 0) is 61.3 Å². The first-order chi connectivity index (χ1) is 11.2.